The molecule has 1 N–H and O–H groups in total. The predicted molar refractivity (Wildman–Crippen MR) is 56.5 cm³/mol. The number of rotatable bonds is 0. The molecule has 0 aromatic heterocycles. The SMILES string of the molecule is O=S1(=O)C2CCC1CC1(COCCN1)C2. The minimum Gasteiger partial charge on any atom is -0.378 e. The lowest BCUT2D eigenvalue weighted by molar-refractivity contribution is 0.0184. The Kier molecular flexibility index (Phi) is 2.13. The maximum Gasteiger partial charge on any atom is 0.156 e. The van der Waals surface area contributed by atoms with Crippen LogP contribution in [0.4, 0.5) is 0 Å². The smallest absolute Gasteiger partial charge is 0.156 e. The third kappa shape index (κ3) is 1.44. The highest BCUT2D eigenvalue weighted by Gasteiger charge is 2.53. The fourth-order valence-electron chi connectivity index (χ4n) is 3.33. The molecule has 3 heterocycles. The van der Waals surface area contributed by atoms with Crippen LogP contribution in [-0.4, -0.2) is 44.2 Å². The second-order valence-electron chi connectivity index (χ2n) is 5.08. The number of hydrogen-bond donors (Lipinski definition) is 1. The van der Waals surface area contributed by atoms with Gasteiger partial charge in [0.25, 0.3) is 0 Å². The van der Waals surface area contributed by atoms with E-state index >= 15 is 0 Å². The molecular weight excluding hydrogens is 214 g/mol. The van der Waals surface area contributed by atoms with E-state index in [4.69, 9.17) is 4.74 Å². The van der Waals surface area contributed by atoms with Crippen molar-refractivity contribution in [2.24, 2.45) is 0 Å². The van der Waals surface area contributed by atoms with Crippen molar-refractivity contribution in [3.8, 4) is 0 Å². The number of ether oxygens (including phenoxy) is 1. The van der Waals surface area contributed by atoms with E-state index in [0.717, 1.165) is 38.8 Å². The van der Waals surface area contributed by atoms with E-state index in [-0.39, 0.29) is 16.0 Å². The molecule has 0 radical (unpaired) electrons. The molecule has 3 aliphatic rings. The predicted octanol–water partition coefficient (Wildman–Crippen LogP) is 0.0846. The molecule has 0 aromatic rings. The maximum atomic E-state index is 11.9. The summed E-state index contributed by atoms with van der Waals surface area (Å²) in [7, 11) is -2.80. The summed E-state index contributed by atoms with van der Waals surface area (Å²) in [5.41, 5.74) is -0.0323. The molecule has 4 nitrogen and oxygen atoms in total. The number of hydrogen-bond acceptors (Lipinski definition) is 4. The van der Waals surface area contributed by atoms with Gasteiger partial charge in [-0.05, 0) is 25.7 Å². The van der Waals surface area contributed by atoms with Crippen LogP contribution in [0.15, 0.2) is 0 Å². The van der Waals surface area contributed by atoms with Gasteiger partial charge in [0.1, 0.15) is 0 Å². The average molecular weight is 231 g/mol. The van der Waals surface area contributed by atoms with Crippen molar-refractivity contribution < 1.29 is 13.2 Å². The third-order valence-corrected chi connectivity index (χ3v) is 6.76. The van der Waals surface area contributed by atoms with E-state index in [0.29, 0.717) is 6.61 Å². The molecule has 5 heteroatoms. The Morgan fingerprint density at radius 1 is 1.20 bits per heavy atom. The Morgan fingerprint density at radius 3 is 2.40 bits per heavy atom. The van der Waals surface area contributed by atoms with Gasteiger partial charge in [0.15, 0.2) is 9.84 Å². The Morgan fingerprint density at radius 2 is 1.87 bits per heavy atom. The summed E-state index contributed by atoms with van der Waals surface area (Å²) in [5.74, 6) is 0. The summed E-state index contributed by atoms with van der Waals surface area (Å²) in [6, 6.07) is 0. The molecule has 3 aliphatic heterocycles. The Bertz CT molecular complexity index is 337. The normalized spacial score (nSPS) is 48.3. The van der Waals surface area contributed by atoms with E-state index in [9.17, 15) is 8.42 Å². The monoisotopic (exact) mass is 231 g/mol. The van der Waals surface area contributed by atoms with Crippen molar-refractivity contribution in [2.45, 2.75) is 41.7 Å². The Balaban J connectivity index is 1.88. The van der Waals surface area contributed by atoms with Crippen LogP contribution < -0.4 is 5.32 Å². The molecule has 3 rings (SSSR count). The van der Waals surface area contributed by atoms with E-state index in [2.05, 4.69) is 5.32 Å². The van der Waals surface area contributed by atoms with Crippen LogP contribution in [0.3, 0.4) is 0 Å². The number of sulfone groups is 1. The second-order valence-corrected chi connectivity index (χ2v) is 7.59. The maximum absolute atomic E-state index is 11.9. The first-order valence-corrected chi connectivity index (χ1v) is 7.29. The zero-order valence-corrected chi connectivity index (χ0v) is 9.55. The molecule has 0 aliphatic carbocycles. The van der Waals surface area contributed by atoms with Crippen LogP contribution >= 0.6 is 0 Å². The zero-order chi connectivity index (χ0) is 10.5. The summed E-state index contributed by atoms with van der Waals surface area (Å²) >= 11 is 0. The minimum absolute atomic E-state index is 0.0323. The van der Waals surface area contributed by atoms with Gasteiger partial charge in [-0.1, -0.05) is 0 Å². The fraction of sp³-hybridized carbons (Fsp3) is 1.00. The molecule has 1 spiro atoms. The minimum atomic E-state index is -2.80. The quantitative estimate of drug-likeness (QED) is 0.642. The second kappa shape index (κ2) is 3.18. The number of nitrogens with one attached hydrogen (secondary N) is 1. The van der Waals surface area contributed by atoms with Crippen LogP contribution in [-0.2, 0) is 14.6 Å². The van der Waals surface area contributed by atoms with Crippen LogP contribution in [0.1, 0.15) is 25.7 Å². The summed E-state index contributed by atoms with van der Waals surface area (Å²) in [5, 5.41) is 3.27. The van der Waals surface area contributed by atoms with Crippen molar-refractivity contribution in [1.29, 1.82) is 0 Å². The van der Waals surface area contributed by atoms with E-state index in [1.807, 2.05) is 0 Å². The average Bonchev–Trinajstić information content (AvgIpc) is 2.40. The largest absolute Gasteiger partial charge is 0.378 e. The molecule has 2 atom stereocenters. The fourth-order valence-corrected chi connectivity index (χ4v) is 5.91. The van der Waals surface area contributed by atoms with Gasteiger partial charge in [0, 0.05) is 12.1 Å². The lowest BCUT2D eigenvalue weighted by Crippen LogP contribution is -2.60. The van der Waals surface area contributed by atoms with Gasteiger partial charge in [0.2, 0.25) is 0 Å². The van der Waals surface area contributed by atoms with Crippen molar-refractivity contribution in [2.75, 3.05) is 19.8 Å². The highest BCUT2D eigenvalue weighted by molar-refractivity contribution is 7.93. The molecule has 0 amide bonds. The highest BCUT2D eigenvalue weighted by atomic mass is 32.2. The summed E-state index contributed by atoms with van der Waals surface area (Å²) in [6.07, 6.45) is 3.23. The van der Waals surface area contributed by atoms with Crippen molar-refractivity contribution in [1.82, 2.24) is 5.32 Å². The van der Waals surface area contributed by atoms with Gasteiger partial charge in [0.05, 0.1) is 23.7 Å². The van der Waals surface area contributed by atoms with E-state index < -0.39 is 9.84 Å². The molecule has 3 fully saturated rings. The molecule has 0 aromatic carbocycles. The number of fused-ring (bicyclic) bond motifs is 2. The Hall–Kier alpha value is -0.130. The molecule has 2 unspecified atom stereocenters. The first-order chi connectivity index (χ1) is 7.12. The molecule has 0 saturated carbocycles. The standard InChI is InChI=1S/C10H17NO3S/c12-15(13)8-1-2-9(15)6-10(5-8)7-14-4-3-11-10/h8-9,11H,1-7H2. The molecule has 86 valence electrons. The van der Waals surface area contributed by atoms with Crippen molar-refractivity contribution >= 4 is 9.84 Å². The number of morpholine rings is 1. The van der Waals surface area contributed by atoms with Gasteiger partial charge in [-0.3, -0.25) is 0 Å². The molecule has 3 saturated heterocycles. The topological polar surface area (TPSA) is 55.4 Å². The van der Waals surface area contributed by atoms with E-state index in [1.165, 1.54) is 0 Å². The lowest BCUT2D eigenvalue weighted by atomic mass is 9.89. The highest BCUT2D eigenvalue weighted by Crippen LogP contribution is 2.43. The van der Waals surface area contributed by atoms with Crippen LogP contribution in [0.25, 0.3) is 0 Å². The van der Waals surface area contributed by atoms with Crippen LogP contribution in [0, 0.1) is 0 Å². The van der Waals surface area contributed by atoms with Gasteiger partial charge in [-0.2, -0.15) is 0 Å². The molecule has 2 bridgehead atoms. The molecule has 15 heavy (non-hydrogen) atoms. The third-order valence-electron chi connectivity index (χ3n) is 4.10. The lowest BCUT2D eigenvalue weighted by Gasteiger charge is -2.43. The van der Waals surface area contributed by atoms with E-state index in [1.54, 1.807) is 0 Å². The first kappa shape index (κ1) is 10.1. The summed E-state index contributed by atoms with van der Waals surface area (Å²) in [4.78, 5) is 0. The van der Waals surface area contributed by atoms with Gasteiger partial charge >= 0.3 is 0 Å². The zero-order valence-electron chi connectivity index (χ0n) is 8.74. The van der Waals surface area contributed by atoms with Gasteiger partial charge in [-0.15, -0.1) is 0 Å². The summed E-state index contributed by atoms with van der Waals surface area (Å²) < 4.78 is 29.4. The summed E-state index contributed by atoms with van der Waals surface area (Å²) in [6.45, 7) is 2.30. The molecular formula is C10H17NO3S. The van der Waals surface area contributed by atoms with Gasteiger partial charge in [-0.25, -0.2) is 8.42 Å². The first-order valence-electron chi connectivity index (χ1n) is 5.68. The Labute approximate surface area is 90.3 Å². The van der Waals surface area contributed by atoms with Crippen molar-refractivity contribution in [3.05, 3.63) is 0 Å². The van der Waals surface area contributed by atoms with Gasteiger partial charge < -0.3 is 10.1 Å². The van der Waals surface area contributed by atoms with Crippen LogP contribution in [0.5, 0.6) is 0 Å². The van der Waals surface area contributed by atoms with Crippen LogP contribution in [0.2, 0.25) is 0 Å². The van der Waals surface area contributed by atoms with Crippen molar-refractivity contribution in [3.63, 3.8) is 0 Å².